The highest BCUT2D eigenvalue weighted by Gasteiger charge is 2.18. The fraction of sp³-hybridized carbons (Fsp3) is 0.333. The van der Waals surface area contributed by atoms with Crippen LogP contribution in [-0.2, 0) is 0 Å². The lowest BCUT2D eigenvalue weighted by atomic mass is 10.1. The van der Waals surface area contributed by atoms with Crippen LogP contribution in [0, 0.1) is 0 Å². The summed E-state index contributed by atoms with van der Waals surface area (Å²) in [4.78, 5) is 0. The van der Waals surface area contributed by atoms with Crippen LogP contribution < -0.4 is 10.5 Å². The second-order valence-electron chi connectivity index (χ2n) is 2.80. The van der Waals surface area contributed by atoms with Gasteiger partial charge in [0.25, 0.3) is 0 Å². The van der Waals surface area contributed by atoms with E-state index in [9.17, 15) is 5.11 Å². The summed E-state index contributed by atoms with van der Waals surface area (Å²) in [5.74, 6) is 0.265. The van der Waals surface area contributed by atoms with Crippen LogP contribution >= 0.6 is 24.0 Å². The highest BCUT2D eigenvalue weighted by Crippen LogP contribution is 2.37. The molecule has 4 N–H and O–H groups in total. The van der Waals surface area contributed by atoms with Crippen molar-refractivity contribution in [2.45, 2.75) is 6.04 Å². The van der Waals surface area contributed by atoms with E-state index in [1.54, 1.807) is 6.07 Å². The van der Waals surface area contributed by atoms with Crippen LogP contribution in [-0.4, -0.2) is 23.9 Å². The number of benzene rings is 1. The average molecular weight is 254 g/mol. The van der Waals surface area contributed by atoms with Gasteiger partial charge in [0.2, 0.25) is 0 Å². The van der Waals surface area contributed by atoms with Crippen molar-refractivity contribution in [3.63, 3.8) is 0 Å². The quantitative estimate of drug-likeness (QED) is 0.763. The molecule has 15 heavy (non-hydrogen) atoms. The second-order valence-corrected chi connectivity index (χ2v) is 3.21. The minimum atomic E-state index is -0.705. The molecule has 0 spiro atoms. The minimum absolute atomic E-state index is 0. The normalized spacial score (nSPS) is 11.7. The molecule has 4 nitrogen and oxygen atoms in total. The first-order chi connectivity index (χ1) is 6.61. The van der Waals surface area contributed by atoms with Gasteiger partial charge in [-0.3, -0.25) is 0 Å². The molecule has 6 heteroatoms. The van der Waals surface area contributed by atoms with Crippen molar-refractivity contribution in [1.29, 1.82) is 0 Å². The van der Waals surface area contributed by atoms with Crippen molar-refractivity contribution >= 4 is 24.0 Å². The van der Waals surface area contributed by atoms with Crippen LogP contribution in [0.1, 0.15) is 11.6 Å². The molecule has 1 rings (SSSR count). The van der Waals surface area contributed by atoms with Gasteiger partial charge in [0.1, 0.15) is 11.5 Å². The summed E-state index contributed by atoms with van der Waals surface area (Å²) in [6, 6.07) is 2.39. The van der Waals surface area contributed by atoms with Gasteiger partial charge < -0.3 is 20.7 Å². The minimum Gasteiger partial charge on any atom is -0.506 e. The Kier molecular flexibility index (Phi) is 5.75. The highest BCUT2D eigenvalue weighted by atomic mass is 35.5. The third-order valence-corrected chi connectivity index (χ3v) is 2.22. The van der Waals surface area contributed by atoms with Crippen molar-refractivity contribution in [3.05, 3.63) is 22.7 Å². The molecule has 1 aromatic rings. The van der Waals surface area contributed by atoms with Crippen LogP contribution in [0.15, 0.2) is 12.1 Å². The number of phenolic OH excluding ortho intramolecular Hbond substituents is 1. The Morgan fingerprint density at radius 2 is 2.13 bits per heavy atom. The number of aliphatic hydroxyl groups excluding tert-OH is 1. The molecular formula is C9H13Cl2NO3. The summed E-state index contributed by atoms with van der Waals surface area (Å²) in [6.07, 6.45) is 0. The zero-order chi connectivity index (χ0) is 10.7. The zero-order valence-corrected chi connectivity index (χ0v) is 9.68. The summed E-state index contributed by atoms with van der Waals surface area (Å²) in [5, 5.41) is 18.7. The molecule has 0 fully saturated rings. The zero-order valence-electron chi connectivity index (χ0n) is 8.11. The van der Waals surface area contributed by atoms with E-state index in [1.165, 1.54) is 13.2 Å². The number of hydrogen-bond acceptors (Lipinski definition) is 4. The van der Waals surface area contributed by atoms with Gasteiger partial charge in [-0.15, -0.1) is 12.4 Å². The maximum Gasteiger partial charge on any atom is 0.142 e. The number of rotatable bonds is 3. The van der Waals surface area contributed by atoms with Gasteiger partial charge >= 0.3 is 0 Å². The van der Waals surface area contributed by atoms with Crippen molar-refractivity contribution in [2.24, 2.45) is 5.73 Å². The van der Waals surface area contributed by atoms with Gasteiger partial charge in [0.05, 0.1) is 30.3 Å². The molecule has 0 unspecified atom stereocenters. The summed E-state index contributed by atoms with van der Waals surface area (Å²) in [7, 11) is 1.45. The van der Waals surface area contributed by atoms with E-state index in [1.807, 2.05) is 0 Å². The van der Waals surface area contributed by atoms with Gasteiger partial charge in [0.15, 0.2) is 0 Å². The molecule has 0 aliphatic heterocycles. The maximum absolute atomic E-state index is 9.61. The van der Waals surface area contributed by atoms with E-state index < -0.39 is 6.04 Å². The predicted molar refractivity (Wildman–Crippen MR) is 60.9 cm³/mol. The molecule has 0 saturated heterocycles. The lowest BCUT2D eigenvalue weighted by Crippen LogP contribution is -2.15. The Morgan fingerprint density at radius 1 is 1.53 bits per heavy atom. The van der Waals surface area contributed by atoms with Crippen LogP contribution in [0.25, 0.3) is 0 Å². The molecule has 0 bridgehead atoms. The van der Waals surface area contributed by atoms with Gasteiger partial charge in [-0.1, -0.05) is 11.6 Å². The van der Waals surface area contributed by atoms with Crippen LogP contribution in [0.4, 0.5) is 0 Å². The van der Waals surface area contributed by atoms with Gasteiger partial charge in [-0.2, -0.15) is 0 Å². The average Bonchev–Trinajstić information content (AvgIpc) is 2.20. The standard InChI is InChI=1S/C9H12ClNO3.ClH/c1-14-7-3-2-5(10)9(13)8(7)6(11)4-12;/h2-3,6,12-13H,4,11H2,1H3;1H/t6-;/m1./s1. The van der Waals surface area contributed by atoms with Crippen molar-refractivity contribution in [1.82, 2.24) is 0 Å². The van der Waals surface area contributed by atoms with Crippen molar-refractivity contribution < 1.29 is 14.9 Å². The third-order valence-electron chi connectivity index (χ3n) is 1.92. The van der Waals surface area contributed by atoms with Crippen molar-refractivity contribution in [3.8, 4) is 11.5 Å². The number of phenols is 1. The van der Waals surface area contributed by atoms with E-state index >= 15 is 0 Å². The lowest BCUT2D eigenvalue weighted by molar-refractivity contribution is 0.261. The maximum atomic E-state index is 9.61. The largest absolute Gasteiger partial charge is 0.506 e. The molecule has 1 atom stereocenters. The highest BCUT2D eigenvalue weighted by molar-refractivity contribution is 6.32. The van der Waals surface area contributed by atoms with Gasteiger partial charge in [0, 0.05) is 0 Å². The van der Waals surface area contributed by atoms with Gasteiger partial charge in [-0.05, 0) is 12.1 Å². The van der Waals surface area contributed by atoms with E-state index in [0.717, 1.165) is 0 Å². The summed E-state index contributed by atoms with van der Waals surface area (Å²) in [5.41, 5.74) is 5.91. The van der Waals surface area contributed by atoms with Gasteiger partial charge in [-0.25, -0.2) is 0 Å². The smallest absolute Gasteiger partial charge is 0.142 e. The predicted octanol–water partition coefficient (Wildman–Crippen LogP) is 1.47. The molecule has 1 aromatic carbocycles. The number of aromatic hydroxyl groups is 1. The van der Waals surface area contributed by atoms with Crippen molar-refractivity contribution in [2.75, 3.05) is 13.7 Å². The van der Waals surface area contributed by atoms with Crippen LogP contribution in [0.3, 0.4) is 0 Å². The molecule has 0 aromatic heterocycles. The van der Waals surface area contributed by atoms with E-state index in [-0.39, 0.29) is 29.8 Å². The molecule has 0 radical (unpaired) electrons. The summed E-state index contributed by atoms with van der Waals surface area (Å²) >= 11 is 5.70. The summed E-state index contributed by atoms with van der Waals surface area (Å²) in [6.45, 7) is -0.287. The van der Waals surface area contributed by atoms with E-state index in [4.69, 9.17) is 27.2 Å². The summed E-state index contributed by atoms with van der Waals surface area (Å²) < 4.78 is 4.99. The number of nitrogens with two attached hydrogens (primary N) is 1. The van der Waals surface area contributed by atoms with Crippen LogP contribution in [0.5, 0.6) is 11.5 Å². The number of ether oxygens (including phenoxy) is 1. The lowest BCUT2D eigenvalue weighted by Gasteiger charge is -2.15. The Morgan fingerprint density at radius 3 is 2.60 bits per heavy atom. The number of methoxy groups -OCH3 is 1. The Labute approximate surface area is 99.0 Å². The fourth-order valence-electron chi connectivity index (χ4n) is 1.19. The van der Waals surface area contributed by atoms with E-state index in [0.29, 0.717) is 11.3 Å². The molecule has 0 aliphatic carbocycles. The first-order valence-electron chi connectivity index (χ1n) is 4.03. The molecule has 0 aliphatic rings. The molecule has 0 saturated carbocycles. The fourth-order valence-corrected chi connectivity index (χ4v) is 1.36. The topological polar surface area (TPSA) is 75.7 Å². The van der Waals surface area contributed by atoms with E-state index in [2.05, 4.69) is 0 Å². The number of halogens is 2. The second kappa shape index (κ2) is 6.02. The molecule has 86 valence electrons. The Bertz CT molecular complexity index is 333. The monoisotopic (exact) mass is 253 g/mol. The molecule has 0 heterocycles. The first kappa shape index (κ1) is 14.3. The Balaban J connectivity index is 0.00000196. The Hall–Kier alpha value is -0.680. The molecular weight excluding hydrogens is 241 g/mol. The number of hydrogen-bond donors (Lipinski definition) is 3. The first-order valence-corrected chi connectivity index (χ1v) is 4.41. The number of aliphatic hydroxyl groups is 1. The third kappa shape index (κ3) is 2.89. The van der Waals surface area contributed by atoms with Crippen LogP contribution in [0.2, 0.25) is 5.02 Å². The molecule has 0 amide bonds. The SMILES string of the molecule is COc1ccc(Cl)c(O)c1[C@H](N)CO.Cl.